The number of halogens is 1. The van der Waals surface area contributed by atoms with Gasteiger partial charge in [-0.2, -0.15) is 0 Å². The van der Waals surface area contributed by atoms with Crippen LogP contribution >= 0.6 is 23.4 Å². The summed E-state index contributed by atoms with van der Waals surface area (Å²) in [5.74, 6) is 0.175. The van der Waals surface area contributed by atoms with Crippen LogP contribution in [0.25, 0.3) is 6.08 Å². The minimum atomic E-state index is -0.591. The zero-order chi connectivity index (χ0) is 33.9. The van der Waals surface area contributed by atoms with Gasteiger partial charge >= 0.3 is 0 Å². The number of pyridine rings is 1. The van der Waals surface area contributed by atoms with Crippen molar-refractivity contribution in [2.75, 3.05) is 24.9 Å². The lowest BCUT2D eigenvalue weighted by molar-refractivity contribution is -0.116. The molecule has 5 rings (SSSR count). The molecule has 0 spiro atoms. The molecule has 0 bridgehead atoms. The first-order valence-electron chi connectivity index (χ1n) is 14.7. The number of hydrogen-bond acceptors (Lipinski definition) is 7. The maximum Gasteiger partial charge on any atom is 0.272 e. The number of thioether (sulfide) groups is 1. The number of ether oxygens (including phenoxy) is 2. The predicted octanol–water partition coefficient (Wildman–Crippen LogP) is 7.63. The molecule has 1 atom stereocenters. The number of carbonyl (C=O) groups is 3. The first-order chi connectivity index (χ1) is 23.3. The average molecular weight is 679 g/mol. The summed E-state index contributed by atoms with van der Waals surface area (Å²) in [6.07, 6.45) is 3.01. The highest BCUT2D eigenvalue weighted by molar-refractivity contribution is 8.00. The molecule has 11 heteroatoms. The zero-order valence-electron chi connectivity index (χ0n) is 26.0. The third-order valence-corrected chi connectivity index (χ3v) is 8.44. The Morgan fingerprint density at radius 3 is 2.17 bits per heavy atom. The molecule has 0 saturated heterocycles. The number of hydrogen-bond donors (Lipinski definition) is 3. The van der Waals surface area contributed by atoms with E-state index in [0.717, 1.165) is 10.5 Å². The van der Waals surface area contributed by atoms with E-state index in [1.807, 2.05) is 42.5 Å². The summed E-state index contributed by atoms with van der Waals surface area (Å²) in [5, 5.41) is 8.32. The molecule has 0 aliphatic rings. The molecule has 0 aliphatic carbocycles. The molecule has 4 aromatic carbocycles. The Labute approximate surface area is 287 Å². The van der Waals surface area contributed by atoms with Crippen LogP contribution in [0.4, 0.5) is 11.5 Å². The van der Waals surface area contributed by atoms with Gasteiger partial charge in [-0.3, -0.25) is 14.4 Å². The third-order valence-electron chi connectivity index (χ3n) is 6.95. The second kappa shape index (κ2) is 16.3. The lowest BCUT2D eigenvalue weighted by atomic mass is 10.1. The maximum absolute atomic E-state index is 13.6. The van der Waals surface area contributed by atoms with E-state index in [1.54, 1.807) is 79.9 Å². The number of nitrogens with zero attached hydrogens (tertiary/aromatic N) is 1. The van der Waals surface area contributed by atoms with E-state index in [2.05, 4.69) is 20.9 Å². The number of methoxy groups -OCH3 is 2. The Morgan fingerprint density at radius 2 is 1.52 bits per heavy atom. The van der Waals surface area contributed by atoms with E-state index in [4.69, 9.17) is 21.1 Å². The molecule has 0 radical (unpaired) electrons. The summed E-state index contributed by atoms with van der Waals surface area (Å²) >= 11 is 7.30. The molecule has 3 N–H and O–H groups in total. The number of aromatic nitrogens is 1. The Bertz CT molecular complexity index is 1900. The van der Waals surface area contributed by atoms with Crippen molar-refractivity contribution in [2.24, 2.45) is 0 Å². The lowest BCUT2D eigenvalue weighted by Gasteiger charge is -2.17. The Hall–Kier alpha value is -5.58. The molecule has 0 saturated carbocycles. The van der Waals surface area contributed by atoms with Crippen molar-refractivity contribution in [2.45, 2.75) is 10.1 Å². The van der Waals surface area contributed by atoms with Crippen LogP contribution in [0.1, 0.15) is 26.7 Å². The van der Waals surface area contributed by atoms with E-state index in [0.29, 0.717) is 39.2 Å². The number of anilines is 2. The van der Waals surface area contributed by atoms with Crippen LogP contribution in [0.15, 0.2) is 132 Å². The predicted molar refractivity (Wildman–Crippen MR) is 189 cm³/mol. The van der Waals surface area contributed by atoms with Crippen LogP contribution in [0.2, 0.25) is 5.02 Å². The minimum absolute atomic E-state index is 0.00222. The summed E-state index contributed by atoms with van der Waals surface area (Å²) in [6, 6.07) is 33.5. The average Bonchev–Trinajstić information content (AvgIpc) is 3.12. The Kier molecular flexibility index (Phi) is 11.5. The Morgan fingerprint density at radius 1 is 0.812 bits per heavy atom. The van der Waals surface area contributed by atoms with Crippen LogP contribution in [0.3, 0.4) is 0 Å². The summed E-state index contributed by atoms with van der Waals surface area (Å²) in [7, 11) is 3.05. The number of carbonyl (C=O) groups excluding carboxylic acids is 3. The molecular formula is C37H31ClN4O5S. The fourth-order valence-electron chi connectivity index (χ4n) is 4.53. The van der Waals surface area contributed by atoms with Gasteiger partial charge in [-0.15, -0.1) is 11.8 Å². The summed E-state index contributed by atoms with van der Waals surface area (Å²) in [6.45, 7) is 0. The van der Waals surface area contributed by atoms with Crippen molar-refractivity contribution in [3.05, 3.63) is 149 Å². The van der Waals surface area contributed by atoms with Crippen molar-refractivity contribution in [3.63, 3.8) is 0 Å². The van der Waals surface area contributed by atoms with Gasteiger partial charge in [-0.25, -0.2) is 4.98 Å². The van der Waals surface area contributed by atoms with Crippen molar-refractivity contribution in [1.82, 2.24) is 10.3 Å². The van der Waals surface area contributed by atoms with Gasteiger partial charge in [0.25, 0.3) is 11.8 Å². The minimum Gasteiger partial charge on any atom is -0.497 e. The molecule has 1 heterocycles. The molecule has 0 aliphatic heterocycles. The first kappa shape index (κ1) is 33.8. The van der Waals surface area contributed by atoms with Gasteiger partial charge < -0.3 is 25.4 Å². The smallest absolute Gasteiger partial charge is 0.272 e. The van der Waals surface area contributed by atoms with Crippen molar-refractivity contribution in [1.29, 1.82) is 0 Å². The van der Waals surface area contributed by atoms with Crippen molar-refractivity contribution in [3.8, 4) is 11.5 Å². The van der Waals surface area contributed by atoms with Gasteiger partial charge in [0.1, 0.15) is 28.3 Å². The van der Waals surface area contributed by atoms with Crippen LogP contribution in [0, 0.1) is 0 Å². The molecule has 5 aromatic rings. The number of amides is 3. The highest BCUT2D eigenvalue weighted by Crippen LogP contribution is 2.37. The van der Waals surface area contributed by atoms with Gasteiger partial charge in [-0.1, -0.05) is 60.1 Å². The Balaban J connectivity index is 1.35. The van der Waals surface area contributed by atoms with Crippen LogP contribution in [-0.2, 0) is 9.59 Å². The fraction of sp³-hybridized carbons (Fsp3) is 0.0811. The van der Waals surface area contributed by atoms with Crippen LogP contribution in [0.5, 0.6) is 11.5 Å². The van der Waals surface area contributed by atoms with E-state index in [1.165, 1.54) is 31.1 Å². The second-order valence-corrected chi connectivity index (χ2v) is 11.8. The fourth-order valence-corrected chi connectivity index (χ4v) is 5.67. The monoisotopic (exact) mass is 678 g/mol. The van der Waals surface area contributed by atoms with Gasteiger partial charge in [0.05, 0.1) is 19.2 Å². The van der Waals surface area contributed by atoms with E-state index >= 15 is 0 Å². The number of rotatable bonds is 12. The van der Waals surface area contributed by atoms with E-state index in [-0.39, 0.29) is 11.6 Å². The van der Waals surface area contributed by atoms with E-state index in [9.17, 15) is 14.4 Å². The molecule has 48 heavy (non-hydrogen) atoms. The van der Waals surface area contributed by atoms with Gasteiger partial charge in [0.2, 0.25) is 5.91 Å². The van der Waals surface area contributed by atoms with Crippen molar-refractivity contribution >= 4 is 58.7 Å². The quantitative estimate of drug-likeness (QED) is 0.0917. The summed E-state index contributed by atoms with van der Waals surface area (Å²) in [4.78, 5) is 45.0. The third kappa shape index (κ3) is 9.03. The number of benzene rings is 4. The molecule has 1 aromatic heterocycles. The second-order valence-electron chi connectivity index (χ2n) is 10.2. The molecule has 242 valence electrons. The summed E-state index contributed by atoms with van der Waals surface area (Å²) in [5.41, 5.74) is 2.24. The molecule has 1 unspecified atom stereocenters. The largest absolute Gasteiger partial charge is 0.497 e. The normalized spacial score (nSPS) is 11.6. The van der Waals surface area contributed by atoms with Crippen molar-refractivity contribution < 1.29 is 23.9 Å². The molecule has 9 nitrogen and oxygen atoms in total. The topological polar surface area (TPSA) is 119 Å². The van der Waals surface area contributed by atoms with Gasteiger partial charge in [0.15, 0.2) is 0 Å². The highest BCUT2D eigenvalue weighted by Gasteiger charge is 2.23. The highest BCUT2D eigenvalue weighted by atomic mass is 35.5. The maximum atomic E-state index is 13.6. The first-order valence-corrected chi connectivity index (χ1v) is 15.9. The SMILES string of the molecule is COc1ccc(/C=C(\NC(=O)c2ccccc2)C(=O)Nc2ccc(SC(C(=O)Nc3ccc(Cl)cn3)c3ccccc3)cc2)c(OC)c1. The van der Waals surface area contributed by atoms with E-state index < -0.39 is 17.1 Å². The molecular weight excluding hydrogens is 648 g/mol. The van der Waals surface area contributed by atoms with Crippen LogP contribution < -0.4 is 25.4 Å². The summed E-state index contributed by atoms with van der Waals surface area (Å²) < 4.78 is 10.8. The number of nitrogens with one attached hydrogen (secondary N) is 3. The molecule has 0 fully saturated rings. The standard InChI is InChI=1S/C37H31ClN4O5S/c1-46-29-17-13-26(32(22-29)47-2)21-31(41-35(43)25-11-7-4-8-12-25)36(44)40-28-15-18-30(19-16-28)48-34(24-9-5-3-6-10-24)37(45)42-33-20-14-27(38)23-39-33/h3-23,34H,1-2H3,(H,40,44)(H,41,43)(H,39,42,45)/b31-21-. The van der Waals surface area contributed by atoms with Gasteiger partial charge in [0, 0.05) is 34.0 Å². The molecule has 3 amide bonds. The van der Waals surface area contributed by atoms with Gasteiger partial charge in [-0.05, 0) is 72.3 Å². The zero-order valence-corrected chi connectivity index (χ0v) is 27.5. The lowest BCUT2D eigenvalue weighted by Crippen LogP contribution is -2.30. The van der Waals surface area contributed by atoms with Crippen LogP contribution in [-0.4, -0.2) is 36.9 Å².